The van der Waals surface area contributed by atoms with Gasteiger partial charge in [0.25, 0.3) is 5.91 Å². The molecule has 1 aromatic heterocycles. The lowest BCUT2D eigenvalue weighted by atomic mass is 10.1. The van der Waals surface area contributed by atoms with Crippen molar-refractivity contribution in [3.8, 4) is 0 Å². The number of hydrogen-bond donors (Lipinski definition) is 2. The van der Waals surface area contributed by atoms with Gasteiger partial charge in [-0.05, 0) is 40.8 Å². The van der Waals surface area contributed by atoms with Crippen LogP contribution in [-0.2, 0) is 0 Å². The number of nitrogens with one attached hydrogen (secondary N) is 1. The maximum Gasteiger partial charge on any atom is 0.255 e. The summed E-state index contributed by atoms with van der Waals surface area (Å²) < 4.78 is 0.791. The zero-order chi connectivity index (χ0) is 14.0. The highest BCUT2D eigenvalue weighted by Gasteiger charge is 2.32. The van der Waals surface area contributed by atoms with Crippen molar-refractivity contribution in [2.45, 2.75) is 18.9 Å². The number of amides is 1. The fourth-order valence-corrected chi connectivity index (χ4v) is 2.40. The molecule has 1 fully saturated rings. The van der Waals surface area contributed by atoms with E-state index in [1.54, 1.807) is 12.3 Å². The minimum atomic E-state index is -0.111. The van der Waals surface area contributed by atoms with Crippen molar-refractivity contribution in [2.24, 2.45) is 11.7 Å². The van der Waals surface area contributed by atoms with E-state index in [2.05, 4.69) is 26.2 Å². The number of pyridine rings is 1. The summed E-state index contributed by atoms with van der Waals surface area (Å²) in [7, 11) is 3.74. The Morgan fingerprint density at radius 1 is 1.63 bits per heavy atom. The zero-order valence-corrected chi connectivity index (χ0v) is 12.8. The SMILES string of the molecule is CN(C)c1ncc(Br)cc1C(=O)NC(CN)C1CC1. The molecule has 104 valence electrons. The van der Waals surface area contributed by atoms with E-state index in [9.17, 15) is 4.79 Å². The van der Waals surface area contributed by atoms with Crippen molar-refractivity contribution < 1.29 is 4.79 Å². The largest absolute Gasteiger partial charge is 0.362 e. The Morgan fingerprint density at radius 2 is 2.32 bits per heavy atom. The van der Waals surface area contributed by atoms with Gasteiger partial charge in [-0.2, -0.15) is 0 Å². The molecule has 0 radical (unpaired) electrons. The zero-order valence-electron chi connectivity index (χ0n) is 11.2. The summed E-state index contributed by atoms with van der Waals surface area (Å²) in [6.07, 6.45) is 3.99. The fraction of sp³-hybridized carbons (Fsp3) is 0.538. The minimum Gasteiger partial charge on any atom is -0.362 e. The van der Waals surface area contributed by atoms with Gasteiger partial charge in [0.2, 0.25) is 0 Å². The molecule has 1 aliphatic rings. The third-order valence-electron chi connectivity index (χ3n) is 3.26. The molecule has 1 aromatic rings. The molecule has 5 nitrogen and oxygen atoms in total. The second-order valence-electron chi connectivity index (χ2n) is 5.07. The van der Waals surface area contributed by atoms with Gasteiger partial charge in [0, 0.05) is 37.4 Å². The number of nitrogens with two attached hydrogens (primary N) is 1. The van der Waals surface area contributed by atoms with Crippen molar-refractivity contribution >= 4 is 27.7 Å². The third-order valence-corrected chi connectivity index (χ3v) is 3.70. The minimum absolute atomic E-state index is 0.0708. The molecule has 1 saturated carbocycles. The van der Waals surface area contributed by atoms with Crippen LogP contribution in [0.2, 0.25) is 0 Å². The first-order valence-corrected chi connectivity index (χ1v) is 7.16. The summed E-state index contributed by atoms with van der Waals surface area (Å²) in [6, 6.07) is 1.86. The average molecular weight is 327 g/mol. The van der Waals surface area contributed by atoms with E-state index in [1.807, 2.05) is 19.0 Å². The molecule has 1 unspecified atom stereocenters. The van der Waals surface area contributed by atoms with Crippen LogP contribution in [0.25, 0.3) is 0 Å². The Labute approximate surface area is 121 Å². The lowest BCUT2D eigenvalue weighted by Gasteiger charge is -2.19. The Hall–Kier alpha value is -1.14. The standard InChI is InChI=1S/C13H19BrN4O/c1-18(2)12-10(5-9(14)7-16-12)13(19)17-11(6-15)8-3-4-8/h5,7-8,11H,3-4,6,15H2,1-2H3,(H,17,19). The van der Waals surface area contributed by atoms with Crippen molar-refractivity contribution in [2.75, 3.05) is 25.5 Å². The van der Waals surface area contributed by atoms with E-state index < -0.39 is 0 Å². The summed E-state index contributed by atoms with van der Waals surface area (Å²) in [5, 5.41) is 3.02. The summed E-state index contributed by atoms with van der Waals surface area (Å²) in [5.41, 5.74) is 6.29. The van der Waals surface area contributed by atoms with Gasteiger partial charge in [0.05, 0.1) is 5.56 Å². The van der Waals surface area contributed by atoms with Gasteiger partial charge in [-0.15, -0.1) is 0 Å². The molecular weight excluding hydrogens is 308 g/mol. The van der Waals surface area contributed by atoms with Gasteiger partial charge in [0.1, 0.15) is 5.82 Å². The molecule has 0 spiro atoms. The Balaban J connectivity index is 2.19. The topological polar surface area (TPSA) is 71.2 Å². The maximum absolute atomic E-state index is 12.4. The highest BCUT2D eigenvalue weighted by atomic mass is 79.9. The molecule has 0 bridgehead atoms. The monoisotopic (exact) mass is 326 g/mol. The van der Waals surface area contributed by atoms with Crippen LogP contribution in [0.1, 0.15) is 23.2 Å². The van der Waals surface area contributed by atoms with E-state index in [4.69, 9.17) is 5.73 Å². The highest BCUT2D eigenvalue weighted by molar-refractivity contribution is 9.10. The molecule has 0 saturated heterocycles. The molecule has 2 rings (SSSR count). The van der Waals surface area contributed by atoms with Gasteiger partial charge in [-0.3, -0.25) is 4.79 Å². The number of anilines is 1. The smallest absolute Gasteiger partial charge is 0.255 e. The van der Waals surface area contributed by atoms with E-state index in [-0.39, 0.29) is 11.9 Å². The van der Waals surface area contributed by atoms with Crippen LogP contribution in [0.3, 0.4) is 0 Å². The summed E-state index contributed by atoms with van der Waals surface area (Å²) in [6.45, 7) is 0.481. The van der Waals surface area contributed by atoms with Crippen LogP contribution in [0.5, 0.6) is 0 Å². The van der Waals surface area contributed by atoms with Crippen molar-refractivity contribution in [1.82, 2.24) is 10.3 Å². The number of halogens is 1. The number of rotatable bonds is 5. The highest BCUT2D eigenvalue weighted by Crippen LogP contribution is 2.32. The van der Waals surface area contributed by atoms with Crippen molar-refractivity contribution in [3.05, 3.63) is 22.3 Å². The number of hydrogen-bond acceptors (Lipinski definition) is 4. The Kier molecular flexibility index (Phi) is 4.42. The second kappa shape index (κ2) is 5.88. The van der Waals surface area contributed by atoms with Crippen LogP contribution in [0, 0.1) is 5.92 Å². The predicted octanol–water partition coefficient (Wildman–Crippen LogP) is 1.38. The second-order valence-corrected chi connectivity index (χ2v) is 5.99. The number of carbonyl (C=O) groups is 1. The number of nitrogens with zero attached hydrogens (tertiary/aromatic N) is 2. The van der Waals surface area contributed by atoms with Gasteiger partial charge < -0.3 is 16.0 Å². The van der Waals surface area contributed by atoms with Crippen molar-refractivity contribution in [1.29, 1.82) is 0 Å². The quantitative estimate of drug-likeness (QED) is 0.857. The van der Waals surface area contributed by atoms with Crippen LogP contribution >= 0.6 is 15.9 Å². The first-order chi connectivity index (χ1) is 9.02. The van der Waals surface area contributed by atoms with E-state index in [0.29, 0.717) is 23.8 Å². The summed E-state index contributed by atoms with van der Waals surface area (Å²) in [5.74, 6) is 1.09. The molecule has 3 N–H and O–H groups in total. The average Bonchev–Trinajstić information content (AvgIpc) is 3.19. The lowest BCUT2D eigenvalue weighted by Crippen LogP contribution is -2.42. The predicted molar refractivity (Wildman–Crippen MR) is 79.3 cm³/mol. The molecule has 19 heavy (non-hydrogen) atoms. The van der Waals surface area contributed by atoms with Gasteiger partial charge in [-0.1, -0.05) is 0 Å². The third kappa shape index (κ3) is 3.45. The first-order valence-electron chi connectivity index (χ1n) is 6.36. The summed E-state index contributed by atoms with van der Waals surface area (Å²) in [4.78, 5) is 18.5. The van der Waals surface area contributed by atoms with Crippen molar-refractivity contribution in [3.63, 3.8) is 0 Å². The Morgan fingerprint density at radius 3 is 2.84 bits per heavy atom. The molecule has 6 heteroatoms. The van der Waals surface area contributed by atoms with Gasteiger partial charge in [0.15, 0.2) is 0 Å². The fourth-order valence-electron chi connectivity index (χ4n) is 2.07. The van der Waals surface area contributed by atoms with Gasteiger partial charge >= 0.3 is 0 Å². The van der Waals surface area contributed by atoms with E-state index >= 15 is 0 Å². The molecule has 1 aliphatic carbocycles. The number of aromatic nitrogens is 1. The maximum atomic E-state index is 12.4. The van der Waals surface area contributed by atoms with Crippen LogP contribution < -0.4 is 16.0 Å². The van der Waals surface area contributed by atoms with E-state index in [0.717, 1.165) is 17.3 Å². The molecule has 1 heterocycles. The molecule has 1 amide bonds. The van der Waals surface area contributed by atoms with Crippen LogP contribution in [0.15, 0.2) is 16.7 Å². The molecular formula is C13H19BrN4O. The molecule has 0 aromatic carbocycles. The number of carbonyl (C=O) groups excluding carboxylic acids is 1. The Bertz CT molecular complexity index is 474. The first kappa shape index (κ1) is 14.3. The van der Waals surface area contributed by atoms with Crippen LogP contribution in [-0.4, -0.2) is 37.6 Å². The lowest BCUT2D eigenvalue weighted by molar-refractivity contribution is 0.0933. The van der Waals surface area contributed by atoms with Crippen LogP contribution in [0.4, 0.5) is 5.82 Å². The van der Waals surface area contributed by atoms with Gasteiger partial charge in [-0.25, -0.2) is 4.98 Å². The molecule has 1 atom stereocenters. The van der Waals surface area contributed by atoms with E-state index in [1.165, 1.54) is 0 Å². The normalized spacial score (nSPS) is 16.0. The summed E-state index contributed by atoms with van der Waals surface area (Å²) >= 11 is 3.35. The molecule has 0 aliphatic heterocycles.